The quantitative estimate of drug-likeness (QED) is 0.455. The van der Waals surface area contributed by atoms with Crippen molar-refractivity contribution in [1.29, 1.82) is 0 Å². The molecule has 1 fully saturated rings. The number of benzene rings is 2. The van der Waals surface area contributed by atoms with Crippen molar-refractivity contribution in [1.82, 2.24) is 14.5 Å². The van der Waals surface area contributed by atoms with Gasteiger partial charge in [-0.2, -0.15) is 0 Å². The fourth-order valence-corrected chi connectivity index (χ4v) is 6.74. The summed E-state index contributed by atoms with van der Waals surface area (Å²) in [5, 5.41) is 17.6. The van der Waals surface area contributed by atoms with E-state index in [1.54, 1.807) is 6.92 Å². The summed E-state index contributed by atoms with van der Waals surface area (Å²) in [5.74, 6) is -0.0569. The highest BCUT2D eigenvalue weighted by Gasteiger charge is 2.61. The number of aryl methyl sites for hydroxylation is 1. The first-order valence-corrected chi connectivity index (χ1v) is 11.8. The van der Waals surface area contributed by atoms with Crippen molar-refractivity contribution in [3.05, 3.63) is 52.7 Å². The molecule has 4 aromatic rings. The zero-order valence-electron chi connectivity index (χ0n) is 19.3. The van der Waals surface area contributed by atoms with Gasteiger partial charge in [0.05, 0.1) is 22.1 Å². The van der Waals surface area contributed by atoms with Gasteiger partial charge in [-0.1, -0.05) is 31.2 Å². The maximum atomic E-state index is 13.2. The van der Waals surface area contributed by atoms with E-state index in [9.17, 15) is 14.7 Å². The number of amides is 1. The summed E-state index contributed by atoms with van der Waals surface area (Å²) in [6.07, 6.45) is 4.96. The van der Waals surface area contributed by atoms with Crippen LogP contribution in [0.5, 0.6) is 0 Å². The molecule has 34 heavy (non-hydrogen) atoms. The van der Waals surface area contributed by atoms with Crippen molar-refractivity contribution in [2.24, 2.45) is 0 Å². The van der Waals surface area contributed by atoms with Crippen LogP contribution in [0.4, 0.5) is 0 Å². The SMILES string of the molecule is C/C=C\c1c(CC)c2c3c(c4c5ccccc5n5c4c2n1C1C[C@@](O)(C=O)[C@]5(C)O1)CNC3=O. The van der Waals surface area contributed by atoms with Crippen molar-refractivity contribution in [2.45, 2.75) is 57.7 Å². The molecule has 5 heterocycles. The van der Waals surface area contributed by atoms with E-state index in [0.29, 0.717) is 12.8 Å². The number of allylic oxidation sites excluding steroid dienone is 1. The molecule has 3 aliphatic heterocycles. The van der Waals surface area contributed by atoms with E-state index in [-0.39, 0.29) is 12.3 Å². The standard InChI is InChI=1S/C27H25N3O4/c1-4-8-17-14(5-2)21-22-16(12-28-25(22)32)20-15-9-6-7-10-18(15)30-24(20)23(21)29(17)19-11-27(33,13-31)26(30,3)34-19/h4,6-10,13,19,33H,5,11-12H2,1-3H3,(H,28,32)/b8-4-/t19?,26-,27+/m0/s1. The summed E-state index contributed by atoms with van der Waals surface area (Å²) >= 11 is 0. The Balaban J connectivity index is 1.87. The Hall–Kier alpha value is -3.42. The van der Waals surface area contributed by atoms with Gasteiger partial charge in [0.1, 0.15) is 6.23 Å². The molecule has 2 aromatic heterocycles. The highest BCUT2D eigenvalue weighted by molar-refractivity contribution is 6.26. The molecule has 0 radical (unpaired) electrons. The molecule has 3 atom stereocenters. The highest BCUT2D eigenvalue weighted by atomic mass is 16.6. The number of para-hydroxylation sites is 1. The van der Waals surface area contributed by atoms with E-state index in [2.05, 4.69) is 16.8 Å². The summed E-state index contributed by atoms with van der Waals surface area (Å²) in [6.45, 7) is 6.31. The van der Waals surface area contributed by atoms with Crippen molar-refractivity contribution in [3.63, 3.8) is 0 Å². The average molecular weight is 456 g/mol. The topological polar surface area (TPSA) is 85.5 Å². The molecule has 0 spiro atoms. The molecule has 1 saturated heterocycles. The molecule has 1 amide bonds. The van der Waals surface area contributed by atoms with Crippen molar-refractivity contribution < 1.29 is 19.4 Å². The Morgan fingerprint density at radius 1 is 1.26 bits per heavy atom. The van der Waals surface area contributed by atoms with Crippen LogP contribution in [0.15, 0.2) is 30.3 Å². The molecule has 2 aromatic carbocycles. The average Bonchev–Trinajstić information content (AvgIpc) is 3.51. The predicted molar refractivity (Wildman–Crippen MR) is 130 cm³/mol. The summed E-state index contributed by atoms with van der Waals surface area (Å²) in [4.78, 5) is 25.6. The minimum atomic E-state index is -1.71. The van der Waals surface area contributed by atoms with E-state index in [1.807, 2.05) is 47.9 Å². The van der Waals surface area contributed by atoms with Gasteiger partial charge in [-0.15, -0.1) is 0 Å². The second kappa shape index (κ2) is 6.17. The third kappa shape index (κ3) is 1.95. The number of hydrogen-bond donors (Lipinski definition) is 2. The lowest BCUT2D eigenvalue weighted by atomic mass is 9.90. The lowest BCUT2D eigenvalue weighted by molar-refractivity contribution is -0.177. The van der Waals surface area contributed by atoms with Gasteiger partial charge in [0.15, 0.2) is 17.6 Å². The number of nitrogens with zero attached hydrogens (tertiary/aromatic N) is 2. The Morgan fingerprint density at radius 2 is 2.06 bits per heavy atom. The third-order valence-electron chi connectivity index (χ3n) is 8.20. The molecule has 3 aliphatic rings. The molecule has 0 saturated carbocycles. The fourth-order valence-electron chi connectivity index (χ4n) is 6.74. The number of aldehydes is 1. The number of aromatic nitrogens is 2. The Labute approximate surface area is 195 Å². The molecular weight excluding hydrogens is 430 g/mol. The van der Waals surface area contributed by atoms with Crippen LogP contribution >= 0.6 is 0 Å². The Bertz CT molecular complexity index is 1640. The largest absolute Gasteiger partial charge is 0.377 e. The molecule has 7 nitrogen and oxygen atoms in total. The van der Waals surface area contributed by atoms with Crippen LogP contribution in [-0.4, -0.2) is 32.0 Å². The summed E-state index contributed by atoms with van der Waals surface area (Å²) in [7, 11) is 0. The second-order valence-electron chi connectivity index (χ2n) is 9.72. The maximum Gasteiger partial charge on any atom is 0.252 e. The number of nitrogens with one attached hydrogen (secondary N) is 1. The van der Waals surface area contributed by atoms with Crippen LogP contribution in [0.25, 0.3) is 38.8 Å². The van der Waals surface area contributed by atoms with Crippen LogP contribution in [0.1, 0.15) is 60.6 Å². The first kappa shape index (κ1) is 20.0. The van der Waals surface area contributed by atoms with Crippen LogP contribution in [0.2, 0.25) is 0 Å². The fraction of sp³-hybridized carbons (Fsp3) is 0.333. The van der Waals surface area contributed by atoms with E-state index >= 15 is 0 Å². The second-order valence-corrected chi connectivity index (χ2v) is 9.72. The van der Waals surface area contributed by atoms with Crippen LogP contribution < -0.4 is 5.32 Å². The maximum absolute atomic E-state index is 13.2. The Morgan fingerprint density at radius 3 is 2.79 bits per heavy atom. The smallest absolute Gasteiger partial charge is 0.252 e. The highest BCUT2D eigenvalue weighted by Crippen LogP contribution is 2.56. The van der Waals surface area contributed by atoms with Gasteiger partial charge < -0.3 is 24.3 Å². The summed E-state index contributed by atoms with van der Waals surface area (Å²) in [6, 6.07) is 7.97. The van der Waals surface area contributed by atoms with E-state index in [4.69, 9.17) is 4.74 Å². The van der Waals surface area contributed by atoms with Crippen LogP contribution in [-0.2, 0) is 28.2 Å². The number of rotatable bonds is 3. The zero-order chi connectivity index (χ0) is 23.6. The van der Waals surface area contributed by atoms with Gasteiger partial charge >= 0.3 is 0 Å². The van der Waals surface area contributed by atoms with E-state index in [1.165, 1.54) is 0 Å². The molecule has 7 heteroatoms. The number of fused-ring (bicyclic) bond motifs is 10. The molecule has 7 rings (SSSR count). The molecule has 2 bridgehead atoms. The molecule has 1 unspecified atom stereocenters. The minimum absolute atomic E-state index is 0.0569. The van der Waals surface area contributed by atoms with Gasteiger partial charge in [-0.3, -0.25) is 9.59 Å². The normalized spacial score (nSPS) is 27.4. The first-order chi connectivity index (χ1) is 16.4. The number of carbonyl (C=O) groups is 2. The van der Waals surface area contributed by atoms with Crippen molar-refractivity contribution >= 4 is 51.0 Å². The monoisotopic (exact) mass is 455 g/mol. The van der Waals surface area contributed by atoms with Gasteiger partial charge in [-0.25, -0.2) is 0 Å². The van der Waals surface area contributed by atoms with Gasteiger partial charge in [-0.05, 0) is 43.5 Å². The number of aliphatic hydroxyl groups is 1. The number of carbonyl (C=O) groups excluding carboxylic acids is 2. The zero-order valence-corrected chi connectivity index (χ0v) is 19.3. The summed E-state index contributed by atoms with van der Waals surface area (Å²) in [5.41, 5.74) is 3.43. The first-order valence-electron chi connectivity index (χ1n) is 11.8. The number of ether oxygens (including phenoxy) is 1. The van der Waals surface area contributed by atoms with Crippen molar-refractivity contribution in [2.75, 3.05) is 0 Å². The van der Waals surface area contributed by atoms with Gasteiger partial charge in [0, 0.05) is 34.8 Å². The predicted octanol–water partition coefficient (Wildman–Crippen LogP) is 4.12. The van der Waals surface area contributed by atoms with Gasteiger partial charge in [0.25, 0.3) is 5.91 Å². The molecule has 2 N–H and O–H groups in total. The third-order valence-corrected chi connectivity index (χ3v) is 8.20. The van der Waals surface area contributed by atoms with Crippen LogP contribution in [0, 0.1) is 0 Å². The Kier molecular flexibility index (Phi) is 3.63. The minimum Gasteiger partial charge on any atom is -0.377 e. The summed E-state index contributed by atoms with van der Waals surface area (Å²) < 4.78 is 10.8. The van der Waals surface area contributed by atoms with Crippen LogP contribution in [0.3, 0.4) is 0 Å². The lowest BCUT2D eigenvalue weighted by Gasteiger charge is -2.36. The molecule has 172 valence electrons. The molecular formula is C27H25N3O4. The van der Waals surface area contributed by atoms with E-state index < -0.39 is 17.6 Å². The number of hydrogen-bond acceptors (Lipinski definition) is 4. The lowest BCUT2D eigenvalue weighted by Crippen LogP contribution is -2.51. The van der Waals surface area contributed by atoms with E-state index in [0.717, 1.165) is 61.5 Å². The molecule has 0 aliphatic carbocycles. The van der Waals surface area contributed by atoms with Crippen molar-refractivity contribution in [3.8, 4) is 0 Å². The van der Waals surface area contributed by atoms with Gasteiger partial charge in [0.2, 0.25) is 0 Å².